The summed E-state index contributed by atoms with van der Waals surface area (Å²) >= 11 is 0. The largest absolute Gasteiger partial charge is 0.335 e. The lowest BCUT2D eigenvalue weighted by Crippen LogP contribution is -2.40. The van der Waals surface area contributed by atoms with Gasteiger partial charge in [0.1, 0.15) is 0 Å². The van der Waals surface area contributed by atoms with Gasteiger partial charge in [-0.05, 0) is 38.1 Å². The van der Waals surface area contributed by atoms with Gasteiger partial charge in [-0.1, -0.05) is 72.8 Å². The molecule has 3 aromatic carbocycles. The van der Waals surface area contributed by atoms with Crippen molar-refractivity contribution < 1.29 is 4.79 Å². The topological polar surface area (TPSA) is 32.3 Å². The molecule has 25 heavy (non-hydrogen) atoms. The summed E-state index contributed by atoms with van der Waals surface area (Å²) in [5.41, 5.74) is 1.71. The smallest absolute Gasteiger partial charge is 0.326 e. The summed E-state index contributed by atoms with van der Waals surface area (Å²) in [5, 5.41) is 2.93. The van der Waals surface area contributed by atoms with Gasteiger partial charge in [0.05, 0.1) is 11.4 Å². The van der Waals surface area contributed by atoms with Gasteiger partial charge in [-0.3, -0.25) is 4.90 Å². The molecule has 0 spiro atoms. The van der Waals surface area contributed by atoms with Crippen molar-refractivity contribution in [3.05, 3.63) is 97.1 Å². The molecule has 0 radical (unpaired) electrons. The highest BCUT2D eigenvalue weighted by Crippen LogP contribution is 2.24. The minimum Gasteiger partial charge on any atom is -0.335 e. The van der Waals surface area contributed by atoms with Crippen molar-refractivity contribution in [3.63, 3.8) is 0 Å². The number of carbonyl (C=O) groups excluding carboxylic acids is 1. The van der Waals surface area contributed by atoms with Crippen LogP contribution in [0.5, 0.6) is 0 Å². The van der Waals surface area contributed by atoms with Gasteiger partial charge in [0.15, 0.2) is 0 Å². The number of para-hydroxylation sites is 2. The molecule has 3 aromatic rings. The summed E-state index contributed by atoms with van der Waals surface area (Å²) in [5.74, 6) is 0. The summed E-state index contributed by atoms with van der Waals surface area (Å²) in [6.45, 7) is 3.90. The minimum atomic E-state index is -0.118. The van der Waals surface area contributed by atoms with Crippen LogP contribution < -0.4 is 10.2 Å². The van der Waals surface area contributed by atoms with Crippen LogP contribution in [0.3, 0.4) is 0 Å². The maximum atomic E-state index is 12.4. The van der Waals surface area contributed by atoms with Gasteiger partial charge in [0.25, 0.3) is 0 Å². The summed E-state index contributed by atoms with van der Waals surface area (Å²) < 4.78 is 0. The molecule has 3 nitrogen and oxygen atoms in total. The van der Waals surface area contributed by atoms with Crippen LogP contribution in [0.25, 0.3) is 0 Å². The molecular weight excluding hydrogens is 308 g/mol. The van der Waals surface area contributed by atoms with Gasteiger partial charge < -0.3 is 5.32 Å². The highest BCUT2D eigenvalue weighted by molar-refractivity contribution is 5.99. The molecule has 2 amide bonds. The average Bonchev–Trinajstić information content (AvgIpc) is 2.65. The second kappa shape index (κ2) is 9.93. The Morgan fingerprint density at radius 2 is 1.00 bits per heavy atom. The Bertz CT molecular complexity index is 662. The quantitative estimate of drug-likeness (QED) is 0.662. The van der Waals surface area contributed by atoms with Crippen LogP contribution in [-0.2, 0) is 0 Å². The minimum absolute atomic E-state index is 0.0995. The summed E-state index contributed by atoms with van der Waals surface area (Å²) in [6.07, 6.45) is 0. The van der Waals surface area contributed by atoms with E-state index < -0.39 is 0 Å². The molecule has 128 valence electrons. The average molecular weight is 332 g/mol. The lowest BCUT2D eigenvalue weighted by Gasteiger charge is -2.24. The number of nitrogens with zero attached hydrogens (tertiary/aromatic N) is 1. The maximum Gasteiger partial charge on any atom is 0.326 e. The van der Waals surface area contributed by atoms with E-state index in [1.165, 1.54) is 0 Å². The van der Waals surface area contributed by atoms with E-state index >= 15 is 0 Å². The zero-order chi connectivity index (χ0) is 17.9. The zero-order valence-corrected chi connectivity index (χ0v) is 14.7. The molecular formula is C22H24N2O. The number of benzene rings is 3. The molecule has 0 atom stereocenters. The van der Waals surface area contributed by atoms with Gasteiger partial charge in [-0.2, -0.15) is 0 Å². The molecule has 0 aliphatic heterocycles. The molecule has 0 saturated heterocycles. The van der Waals surface area contributed by atoms with Crippen molar-refractivity contribution in [1.82, 2.24) is 5.32 Å². The fourth-order valence-corrected chi connectivity index (χ4v) is 2.23. The Labute approximate surface area is 149 Å². The third-order valence-corrected chi connectivity index (χ3v) is 3.31. The molecule has 0 saturated carbocycles. The van der Waals surface area contributed by atoms with E-state index in [0.717, 1.165) is 11.4 Å². The first-order valence-electron chi connectivity index (χ1n) is 8.39. The van der Waals surface area contributed by atoms with E-state index in [9.17, 15) is 4.79 Å². The maximum absolute atomic E-state index is 12.4. The highest BCUT2D eigenvalue weighted by Gasteiger charge is 2.17. The molecule has 1 N–H and O–H groups in total. The van der Waals surface area contributed by atoms with Crippen molar-refractivity contribution in [1.29, 1.82) is 0 Å². The number of carbonyl (C=O) groups is 1. The monoisotopic (exact) mass is 332 g/mol. The van der Waals surface area contributed by atoms with Crippen LogP contribution >= 0.6 is 0 Å². The molecule has 0 heterocycles. The molecule has 3 heteroatoms. The number of rotatable bonds is 3. The molecule has 3 rings (SSSR count). The first-order valence-corrected chi connectivity index (χ1v) is 8.39. The van der Waals surface area contributed by atoms with E-state index in [0.29, 0.717) is 0 Å². The van der Waals surface area contributed by atoms with Crippen LogP contribution in [0, 0.1) is 0 Å². The van der Waals surface area contributed by atoms with Gasteiger partial charge in [-0.25, -0.2) is 4.79 Å². The Balaban J connectivity index is 0.000000316. The highest BCUT2D eigenvalue weighted by atomic mass is 16.2. The Hall–Kier alpha value is -3.07. The summed E-state index contributed by atoms with van der Waals surface area (Å²) in [6, 6.07) is 31.2. The number of hydrogen-bond acceptors (Lipinski definition) is 1. The second-order valence-corrected chi connectivity index (χ2v) is 5.77. The SMILES string of the molecule is CC(C)NC(=O)N(c1ccccc1)c1ccccc1.c1ccccc1. The normalized spacial score (nSPS) is 9.72. The zero-order valence-electron chi connectivity index (χ0n) is 14.7. The van der Waals surface area contributed by atoms with Crippen LogP contribution in [-0.4, -0.2) is 12.1 Å². The number of amides is 2. The standard InChI is InChI=1S/C16H18N2O.C6H6/c1-13(2)17-16(19)18(14-9-5-3-6-10-14)15-11-7-4-8-12-15;1-2-4-6-5-3-1/h3-13H,1-2H3,(H,17,19);1-6H. The van der Waals surface area contributed by atoms with E-state index in [1.54, 1.807) is 4.90 Å². The first kappa shape index (κ1) is 18.3. The first-order chi connectivity index (χ1) is 12.2. The number of urea groups is 1. The van der Waals surface area contributed by atoms with Gasteiger partial charge in [-0.15, -0.1) is 0 Å². The van der Waals surface area contributed by atoms with Crippen molar-refractivity contribution in [2.45, 2.75) is 19.9 Å². The molecule has 0 unspecified atom stereocenters. The fraction of sp³-hybridized carbons (Fsp3) is 0.136. The number of anilines is 2. The van der Waals surface area contributed by atoms with E-state index in [1.807, 2.05) is 111 Å². The van der Waals surface area contributed by atoms with Crippen molar-refractivity contribution in [3.8, 4) is 0 Å². The predicted molar refractivity (Wildman–Crippen MR) is 105 cm³/mol. The predicted octanol–water partition coefficient (Wildman–Crippen LogP) is 5.63. The Morgan fingerprint density at radius 1 is 0.680 bits per heavy atom. The third-order valence-electron chi connectivity index (χ3n) is 3.31. The summed E-state index contributed by atoms with van der Waals surface area (Å²) in [7, 11) is 0. The lowest BCUT2D eigenvalue weighted by atomic mass is 10.2. The van der Waals surface area contributed by atoms with Crippen molar-refractivity contribution in [2.75, 3.05) is 4.90 Å². The molecule has 0 aromatic heterocycles. The molecule has 0 bridgehead atoms. The van der Waals surface area contributed by atoms with Crippen LogP contribution in [0.15, 0.2) is 97.1 Å². The fourth-order valence-electron chi connectivity index (χ4n) is 2.23. The third kappa shape index (κ3) is 6.15. The number of hydrogen-bond donors (Lipinski definition) is 1. The van der Waals surface area contributed by atoms with Gasteiger partial charge >= 0.3 is 6.03 Å². The van der Waals surface area contributed by atoms with Crippen molar-refractivity contribution >= 4 is 17.4 Å². The number of nitrogens with one attached hydrogen (secondary N) is 1. The van der Waals surface area contributed by atoms with Crippen LogP contribution in [0.1, 0.15) is 13.8 Å². The van der Waals surface area contributed by atoms with Gasteiger partial charge in [0, 0.05) is 6.04 Å². The second-order valence-electron chi connectivity index (χ2n) is 5.77. The van der Waals surface area contributed by atoms with Crippen LogP contribution in [0.4, 0.5) is 16.2 Å². The Kier molecular flexibility index (Phi) is 7.26. The van der Waals surface area contributed by atoms with E-state index in [-0.39, 0.29) is 12.1 Å². The Morgan fingerprint density at radius 3 is 1.32 bits per heavy atom. The molecule has 0 fully saturated rings. The van der Waals surface area contributed by atoms with Crippen molar-refractivity contribution in [2.24, 2.45) is 0 Å². The summed E-state index contributed by atoms with van der Waals surface area (Å²) in [4.78, 5) is 14.0. The van der Waals surface area contributed by atoms with Crippen LogP contribution in [0.2, 0.25) is 0 Å². The molecule has 0 aliphatic rings. The van der Waals surface area contributed by atoms with E-state index in [4.69, 9.17) is 0 Å². The van der Waals surface area contributed by atoms with Gasteiger partial charge in [0.2, 0.25) is 0 Å². The lowest BCUT2D eigenvalue weighted by molar-refractivity contribution is 0.246. The van der Waals surface area contributed by atoms with E-state index in [2.05, 4.69) is 5.32 Å². The molecule has 0 aliphatic carbocycles.